The zero-order valence-corrected chi connectivity index (χ0v) is 18.9. The van der Waals surface area contributed by atoms with Crippen LogP contribution in [0.3, 0.4) is 0 Å². The zero-order valence-electron chi connectivity index (χ0n) is 18.9. The van der Waals surface area contributed by atoms with Gasteiger partial charge in [-0.1, -0.05) is 87.0 Å². The summed E-state index contributed by atoms with van der Waals surface area (Å²) in [5.74, 6) is -0.329. The van der Waals surface area contributed by atoms with E-state index in [0.717, 1.165) is 23.1 Å². The van der Waals surface area contributed by atoms with Crippen molar-refractivity contribution in [3.8, 4) is 22.3 Å². The van der Waals surface area contributed by atoms with E-state index >= 15 is 0 Å². The first kappa shape index (κ1) is 22.8. The first-order valence-corrected chi connectivity index (χ1v) is 11.0. The third kappa shape index (κ3) is 5.62. The van der Waals surface area contributed by atoms with Crippen molar-refractivity contribution in [1.82, 2.24) is 0 Å². The van der Waals surface area contributed by atoms with E-state index in [1.165, 1.54) is 27.8 Å². The van der Waals surface area contributed by atoms with Crippen molar-refractivity contribution in [2.75, 3.05) is 6.61 Å². The molecule has 0 radical (unpaired) electrons. The van der Waals surface area contributed by atoms with E-state index in [-0.39, 0.29) is 18.5 Å². The molecule has 3 heteroatoms. The molecule has 3 rings (SSSR count). The van der Waals surface area contributed by atoms with Gasteiger partial charge in [-0.3, -0.25) is 4.79 Å². The highest BCUT2D eigenvalue weighted by Crippen LogP contribution is 2.31. The van der Waals surface area contributed by atoms with Crippen LogP contribution in [0.25, 0.3) is 22.3 Å². The predicted molar refractivity (Wildman–Crippen MR) is 127 cm³/mol. The summed E-state index contributed by atoms with van der Waals surface area (Å²) in [5, 5.41) is 9.75. The van der Waals surface area contributed by atoms with Crippen LogP contribution in [0, 0.1) is 12.8 Å². The smallest absolute Gasteiger partial charge is 0.308 e. The minimum absolute atomic E-state index is 0.0270. The SMILES string of the molecule is CCc1cc(-c2ccc(C)cc2)ccc1-c1ccc(CO)c(CCOC(=O)C(C)C)c1. The first-order chi connectivity index (χ1) is 14.9. The van der Waals surface area contributed by atoms with Crippen molar-refractivity contribution in [2.24, 2.45) is 5.92 Å². The molecule has 0 spiro atoms. The fourth-order valence-corrected chi connectivity index (χ4v) is 3.70. The Morgan fingerprint density at radius 1 is 0.871 bits per heavy atom. The molecule has 0 saturated carbocycles. The van der Waals surface area contributed by atoms with Crippen LogP contribution in [0.5, 0.6) is 0 Å². The van der Waals surface area contributed by atoms with Gasteiger partial charge in [0.1, 0.15) is 0 Å². The molecule has 3 nitrogen and oxygen atoms in total. The molecule has 0 aliphatic carbocycles. The highest BCUT2D eigenvalue weighted by Gasteiger charge is 2.12. The molecule has 0 atom stereocenters. The summed E-state index contributed by atoms with van der Waals surface area (Å²) >= 11 is 0. The van der Waals surface area contributed by atoms with Crippen LogP contribution in [0.1, 0.15) is 43.0 Å². The van der Waals surface area contributed by atoms with Crippen molar-refractivity contribution in [2.45, 2.75) is 47.1 Å². The molecule has 0 aliphatic heterocycles. The van der Waals surface area contributed by atoms with Gasteiger partial charge >= 0.3 is 5.97 Å². The van der Waals surface area contributed by atoms with Crippen LogP contribution >= 0.6 is 0 Å². The average Bonchev–Trinajstić information content (AvgIpc) is 2.79. The summed E-state index contributed by atoms with van der Waals surface area (Å²) in [4.78, 5) is 11.8. The summed E-state index contributed by atoms with van der Waals surface area (Å²) in [5.41, 5.74) is 9.18. The molecule has 0 saturated heterocycles. The summed E-state index contributed by atoms with van der Waals surface area (Å²) in [6, 6.07) is 21.4. The summed E-state index contributed by atoms with van der Waals surface area (Å²) in [6.07, 6.45) is 1.52. The van der Waals surface area contributed by atoms with Crippen LogP contribution in [-0.2, 0) is 29.0 Å². The number of rotatable bonds is 8. The van der Waals surface area contributed by atoms with Gasteiger partial charge in [-0.15, -0.1) is 0 Å². The molecular weight excluding hydrogens is 384 g/mol. The third-order valence-electron chi connectivity index (χ3n) is 5.65. The second kappa shape index (κ2) is 10.4. The molecule has 0 fully saturated rings. The summed E-state index contributed by atoms with van der Waals surface area (Å²) in [6.45, 7) is 8.22. The van der Waals surface area contributed by atoms with Gasteiger partial charge < -0.3 is 9.84 Å². The molecule has 31 heavy (non-hydrogen) atoms. The maximum Gasteiger partial charge on any atom is 0.308 e. The van der Waals surface area contributed by atoms with E-state index in [0.29, 0.717) is 13.0 Å². The summed E-state index contributed by atoms with van der Waals surface area (Å²) in [7, 11) is 0. The Balaban J connectivity index is 1.89. The van der Waals surface area contributed by atoms with Gasteiger partial charge in [0.15, 0.2) is 0 Å². The van der Waals surface area contributed by atoms with Gasteiger partial charge in [0.05, 0.1) is 19.1 Å². The van der Waals surface area contributed by atoms with Crippen LogP contribution in [0.4, 0.5) is 0 Å². The van der Waals surface area contributed by atoms with Gasteiger partial charge in [-0.2, -0.15) is 0 Å². The minimum atomic E-state index is -0.193. The van der Waals surface area contributed by atoms with Gasteiger partial charge in [-0.05, 0) is 52.3 Å². The average molecular weight is 417 g/mol. The number of carbonyl (C=O) groups is 1. The molecule has 0 heterocycles. The predicted octanol–water partition coefficient (Wildman–Crippen LogP) is 6.13. The fraction of sp³-hybridized carbons (Fsp3) is 0.321. The zero-order chi connectivity index (χ0) is 22.4. The number of esters is 1. The molecule has 3 aromatic carbocycles. The monoisotopic (exact) mass is 416 g/mol. The van der Waals surface area contributed by atoms with E-state index in [9.17, 15) is 9.90 Å². The Kier molecular flexibility index (Phi) is 7.64. The molecule has 0 amide bonds. The van der Waals surface area contributed by atoms with E-state index < -0.39 is 0 Å². The lowest BCUT2D eigenvalue weighted by molar-refractivity contribution is -0.147. The van der Waals surface area contributed by atoms with Crippen molar-refractivity contribution < 1.29 is 14.6 Å². The molecule has 0 aromatic heterocycles. The van der Waals surface area contributed by atoms with Crippen LogP contribution in [-0.4, -0.2) is 17.7 Å². The number of aliphatic hydroxyl groups is 1. The Bertz CT molecular complexity index is 1030. The Morgan fingerprint density at radius 2 is 1.52 bits per heavy atom. The number of benzene rings is 3. The minimum Gasteiger partial charge on any atom is -0.465 e. The number of carbonyl (C=O) groups excluding carboxylic acids is 1. The Morgan fingerprint density at radius 3 is 2.16 bits per heavy atom. The molecule has 0 aliphatic rings. The lowest BCUT2D eigenvalue weighted by Crippen LogP contribution is -2.14. The molecule has 3 aromatic rings. The topological polar surface area (TPSA) is 46.5 Å². The number of ether oxygens (including phenoxy) is 1. The Hall–Kier alpha value is -2.91. The maximum absolute atomic E-state index is 11.8. The van der Waals surface area contributed by atoms with E-state index in [4.69, 9.17) is 4.74 Å². The molecule has 1 N–H and O–H groups in total. The quantitative estimate of drug-likeness (QED) is 0.450. The van der Waals surface area contributed by atoms with Crippen LogP contribution in [0.15, 0.2) is 60.7 Å². The fourth-order valence-electron chi connectivity index (χ4n) is 3.70. The molecular formula is C28H32O3. The second-order valence-corrected chi connectivity index (χ2v) is 8.31. The van der Waals surface area contributed by atoms with E-state index in [2.05, 4.69) is 68.4 Å². The first-order valence-electron chi connectivity index (χ1n) is 11.0. The molecule has 0 unspecified atom stereocenters. The van der Waals surface area contributed by atoms with Crippen molar-refractivity contribution in [1.29, 1.82) is 0 Å². The normalized spacial score (nSPS) is 11.0. The molecule has 162 valence electrons. The standard InChI is InChI=1S/C28H32O3/c1-5-21-16-23(22-8-6-20(4)7-9-22)12-13-27(21)25-10-11-26(18-29)24(17-25)14-15-31-28(30)19(2)3/h6-13,16-17,19,29H,5,14-15,18H2,1-4H3. The third-order valence-corrected chi connectivity index (χ3v) is 5.65. The van der Waals surface area contributed by atoms with Crippen molar-refractivity contribution >= 4 is 5.97 Å². The van der Waals surface area contributed by atoms with E-state index in [1.54, 1.807) is 0 Å². The van der Waals surface area contributed by atoms with Gasteiger partial charge in [0, 0.05) is 6.42 Å². The highest BCUT2D eigenvalue weighted by molar-refractivity contribution is 5.74. The highest BCUT2D eigenvalue weighted by atomic mass is 16.5. The summed E-state index contributed by atoms with van der Waals surface area (Å²) < 4.78 is 5.35. The van der Waals surface area contributed by atoms with Gasteiger partial charge in [0.25, 0.3) is 0 Å². The van der Waals surface area contributed by atoms with Crippen molar-refractivity contribution in [3.63, 3.8) is 0 Å². The Labute approximate surface area is 185 Å². The second-order valence-electron chi connectivity index (χ2n) is 8.31. The van der Waals surface area contributed by atoms with Gasteiger partial charge in [0.2, 0.25) is 0 Å². The maximum atomic E-state index is 11.8. The number of hydrogen-bond acceptors (Lipinski definition) is 3. The largest absolute Gasteiger partial charge is 0.465 e. The lowest BCUT2D eigenvalue weighted by Gasteiger charge is -2.15. The van der Waals surface area contributed by atoms with Crippen LogP contribution < -0.4 is 0 Å². The van der Waals surface area contributed by atoms with Crippen molar-refractivity contribution in [3.05, 3.63) is 82.9 Å². The number of aliphatic hydroxyl groups excluding tert-OH is 1. The lowest BCUT2D eigenvalue weighted by atomic mass is 9.91. The van der Waals surface area contributed by atoms with E-state index in [1.807, 2.05) is 19.9 Å². The molecule has 0 bridgehead atoms. The van der Waals surface area contributed by atoms with Crippen LogP contribution in [0.2, 0.25) is 0 Å². The van der Waals surface area contributed by atoms with Gasteiger partial charge in [-0.25, -0.2) is 0 Å². The number of hydrogen-bond donors (Lipinski definition) is 1. The number of aryl methyl sites for hydroxylation is 2.